The minimum atomic E-state index is -0.392. The van der Waals surface area contributed by atoms with E-state index in [-0.39, 0.29) is 11.8 Å². The average molecular weight is 447 g/mol. The van der Waals surface area contributed by atoms with E-state index in [1.54, 1.807) is 23.1 Å². The van der Waals surface area contributed by atoms with E-state index in [1.807, 2.05) is 23.1 Å². The summed E-state index contributed by atoms with van der Waals surface area (Å²) in [6, 6.07) is 10.7. The van der Waals surface area contributed by atoms with Crippen molar-refractivity contribution < 1.29 is 19.1 Å². The summed E-state index contributed by atoms with van der Waals surface area (Å²) in [5, 5.41) is 9.07. The molecule has 3 aromatic rings. The molecular weight excluding hydrogens is 420 g/mol. The molecule has 2 aromatic carbocycles. The van der Waals surface area contributed by atoms with Crippen LogP contribution in [0.4, 0.5) is 0 Å². The first-order valence-electron chi connectivity index (χ1n) is 11.3. The fraction of sp³-hybridized carbons (Fsp3) is 0.360. The van der Waals surface area contributed by atoms with E-state index in [1.165, 1.54) is 7.11 Å². The number of rotatable bonds is 3. The zero-order valence-electron chi connectivity index (χ0n) is 18.6. The molecule has 0 aliphatic carbocycles. The van der Waals surface area contributed by atoms with E-state index >= 15 is 0 Å². The number of fused-ring (bicyclic) bond motifs is 2. The average Bonchev–Trinajstić information content (AvgIpc) is 3.30. The highest BCUT2D eigenvalue weighted by atomic mass is 16.5. The van der Waals surface area contributed by atoms with Crippen LogP contribution in [0.3, 0.4) is 0 Å². The molecule has 0 atom stereocenters. The molecule has 0 bridgehead atoms. The molecule has 3 heterocycles. The lowest BCUT2D eigenvalue weighted by molar-refractivity contribution is 0.0600. The fourth-order valence-corrected chi connectivity index (χ4v) is 4.70. The number of aromatic nitrogens is 2. The molecule has 2 aliphatic heterocycles. The van der Waals surface area contributed by atoms with Crippen molar-refractivity contribution in [1.82, 2.24) is 20.0 Å². The molecule has 0 radical (unpaired) electrons. The van der Waals surface area contributed by atoms with Gasteiger partial charge in [-0.3, -0.25) is 14.7 Å². The number of likely N-dealkylation sites (tertiary alicyclic amines) is 1. The largest absolute Gasteiger partial charge is 0.465 e. The first kappa shape index (κ1) is 21.2. The van der Waals surface area contributed by atoms with Gasteiger partial charge in [0.15, 0.2) is 5.69 Å². The molecule has 8 nitrogen and oxygen atoms in total. The molecule has 5 rings (SSSR count). The summed E-state index contributed by atoms with van der Waals surface area (Å²) in [5.74, 6) is -0.526. The van der Waals surface area contributed by atoms with Crippen LogP contribution in [0.25, 0.3) is 10.8 Å². The van der Waals surface area contributed by atoms with Crippen molar-refractivity contribution in [2.24, 2.45) is 0 Å². The number of ether oxygens (including phenoxy) is 1. The molecular formula is C25H26N4O4. The Balaban J connectivity index is 1.36. The van der Waals surface area contributed by atoms with Gasteiger partial charge in [0, 0.05) is 42.9 Å². The lowest BCUT2D eigenvalue weighted by Gasteiger charge is -2.29. The zero-order chi connectivity index (χ0) is 22.9. The quantitative estimate of drug-likeness (QED) is 0.624. The number of hydrogen-bond donors (Lipinski definition) is 1. The number of aromatic amines is 1. The summed E-state index contributed by atoms with van der Waals surface area (Å²) in [5.41, 5.74) is 3.25. The maximum Gasteiger partial charge on any atom is 0.337 e. The summed E-state index contributed by atoms with van der Waals surface area (Å²) in [6.45, 7) is 2.44. The number of carbonyl (C=O) groups excluding carboxylic acids is 3. The number of amides is 2. The highest BCUT2D eigenvalue weighted by Crippen LogP contribution is 2.25. The zero-order valence-corrected chi connectivity index (χ0v) is 18.6. The molecule has 1 N–H and O–H groups in total. The second kappa shape index (κ2) is 8.69. The van der Waals surface area contributed by atoms with Crippen LogP contribution in [0.2, 0.25) is 0 Å². The van der Waals surface area contributed by atoms with Gasteiger partial charge in [-0.1, -0.05) is 12.1 Å². The number of carbonyl (C=O) groups is 3. The van der Waals surface area contributed by atoms with Crippen LogP contribution in [-0.2, 0) is 17.7 Å². The lowest BCUT2D eigenvalue weighted by atomic mass is 10.0. The van der Waals surface area contributed by atoms with Crippen molar-refractivity contribution in [2.75, 3.05) is 26.7 Å². The van der Waals surface area contributed by atoms with E-state index in [0.717, 1.165) is 54.4 Å². The predicted molar refractivity (Wildman–Crippen MR) is 122 cm³/mol. The summed E-state index contributed by atoms with van der Waals surface area (Å²) in [7, 11) is 1.35. The Labute approximate surface area is 191 Å². The number of methoxy groups -OCH3 is 1. The molecule has 1 saturated heterocycles. The van der Waals surface area contributed by atoms with Gasteiger partial charge >= 0.3 is 5.97 Å². The number of esters is 1. The van der Waals surface area contributed by atoms with Gasteiger partial charge in [-0.15, -0.1) is 0 Å². The van der Waals surface area contributed by atoms with Crippen molar-refractivity contribution >= 4 is 28.6 Å². The number of piperidine rings is 1. The number of hydrogen-bond acceptors (Lipinski definition) is 5. The predicted octanol–water partition coefficient (Wildman–Crippen LogP) is 3.17. The molecule has 0 saturated carbocycles. The summed E-state index contributed by atoms with van der Waals surface area (Å²) in [4.78, 5) is 41.8. The minimum absolute atomic E-state index is 0.0476. The number of benzene rings is 2. The molecule has 33 heavy (non-hydrogen) atoms. The van der Waals surface area contributed by atoms with Crippen molar-refractivity contribution in [3.63, 3.8) is 0 Å². The van der Waals surface area contributed by atoms with E-state index < -0.39 is 5.97 Å². The first-order valence-corrected chi connectivity index (χ1v) is 11.3. The van der Waals surface area contributed by atoms with Crippen molar-refractivity contribution in [2.45, 2.75) is 32.2 Å². The van der Waals surface area contributed by atoms with Crippen molar-refractivity contribution in [3.05, 3.63) is 64.5 Å². The molecule has 170 valence electrons. The maximum atomic E-state index is 13.3. The van der Waals surface area contributed by atoms with Gasteiger partial charge in [-0.05, 0) is 54.3 Å². The Morgan fingerprint density at radius 3 is 2.30 bits per heavy atom. The third-order valence-electron chi connectivity index (χ3n) is 6.57. The van der Waals surface area contributed by atoms with Crippen LogP contribution in [0.15, 0.2) is 36.4 Å². The molecule has 8 heteroatoms. The van der Waals surface area contributed by atoms with Gasteiger partial charge in [-0.2, -0.15) is 5.10 Å². The van der Waals surface area contributed by atoms with Crippen LogP contribution >= 0.6 is 0 Å². The maximum absolute atomic E-state index is 13.3. The Hall–Kier alpha value is -3.68. The van der Waals surface area contributed by atoms with Crippen molar-refractivity contribution in [1.29, 1.82) is 0 Å². The number of H-pyrrole nitrogens is 1. The SMILES string of the molecule is COC(=O)c1ccc2cc(C(=O)N3CCc4[nH]nc(C(=O)N5CCCCC5)c4C3)ccc2c1. The van der Waals surface area contributed by atoms with Crippen molar-refractivity contribution in [3.8, 4) is 0 Å². The van der Waals surface area contributed by atoms with E-state index in [0.29, 0.717) is 36.3 Å². The third kappa shape index (κ3) is 3.97. The van der Waals surface area contributed by atoms with Crippen LogP contribution < -0.4 is 0 Å². The van der Waals surface area contributed by atoms with Crippen LogP contribution in [0.1, 0.15) is 61.7 Å². The molecule has 1 fully saturated rings. The highest BCUT2D eigenvalue weighted by molar-refractivity contribution is 6.01. The Bertz CT molecular complexity index is 1240. The summed E-state index contributed by atoms with van der Waals surface area (Å²) < 4.78 is 4.78. The number of nitrogens with zero attached hydrogens (tertiary/aromatic N) is 3. The first-order chi connectivity index (χ1) is 16.0. The van der Waals surface area contributed by atoms with Crippen LogP contribution in [-0.4, -0.2) is 64.5 Å². The van der Waals surface area contributed by atoms with E-state index in [4.69, 9.17) is 4.74 Å². The third-order valence-corrected chi connectivity index (χ3v) is 6.57. The van der Waals surface area contributed by atoms with Gasteiger partial charge < -0.3 is 14.5 Å². The van der Waals surface area contributed by atoms with Gasteiger partial charge in [0.25, 0.3) is 11.8 Å². The standard InChI is InChI=1S/C25H26N4O4/c1-33-25(32)19-8-6-16-13-18(7-5-17(16)14-19)23(30)29-12-9-21-20(15-29)22(27-26-21)24(31)28-10-3-2-4-11-28/h5-8,13-14H,2-4,9-12,15H2,1H3,(H,26,27). The molecule has 0 spiro atoms. The second-order valence-corrected chi connectivity index (χ2v) is 8.63. The van der Waals surface area contributed by atoms with Crippen LogP contribution in [0, 0.1) is 0 Å². The van der Waals surface area contributed by atoms with Gasteiger partial charge in [-0.25, -0.2) is 4.79 Å². The monoisotopic (exact) mass is 446 g/mol. The Kier molecular flexibility index (Phi) is 5.58. The minimum Gasteiger partial charge on any atom is -0.465 e. The highest BCUT2D eigenvalue weighted by Gasteiger charge is 2.30. The summed E-state index contributed by atoms with van der Waals surface area (Å²) in [6.07, 6.45) is 3.83. The van der Waals surface area contributed by atoms with Gasteiger partial charge in [0.05, 0.1) is 19.2 Å². The summed E-state index contributed by atoms with van der Waals surface area (Å²) >= 11 is 0. The fourth-order valence-electron chi connectivity index (χ4n) is 4.70. The van der Waals surface area contributed by atoms with E-state index in [9.17, 15) is 14.4 Å². The van der Waals surface area contributed by atoms with Gasteiger partial charge in [0.1, 0.15) is 0 Å². The second-order valence-electron chi connectivity index (χ2n) is 8.63. The van der Waals surface area contributed by atoms with Gasteiger partial charge in [0.2, 0.25) is 0 Å². The Morgan fingerprint density at radius 1 is 0.879 bits per heavy atom. The lowest BCUT2D eigenvalue weighted by Crippen LogP contribution is -2.39. The van der Waals surface area contributed by atoms with Crippen LogP contribution in [0.5, 0.6) is 0 Å². The molecule has 2 aliphatic rings. The normalized spacial score (nSPS) is 15.9. The van der Waals surface area contributed by atoms with E-state index in [2.05, 4.69) is 10.2 Å². The number of nitrogens with one attached hydrogen (secondary N) is 1. The topological polar surface area (TPSA) is 95.6 Å². The molecule has 0 unspecified atom stereocenters. The Morgan fingerprint density at radius 2 is 1.58 bits per heavy atom. The molecule has 2 amide bonds. The molecule has 1 aromatic heterocycles. The smallest absolute Gasteiger partial charge is 0.337 e.